The SMILES string of the molecule is CCC[C@@H](C)c1nc(N2CCN(S(=O)(=O)c3ccc(C)cc3)CC2)c2c(C)nn(-c3ccc(F)cc3)c2n1. The van der Waals surface area contributed by atoms with Crippen LogP contribution in [0.4, 0.5) is 10.2 Å². The Morgan fingerprint density at radius 1 is 0.947 bits per heavy atom. The van der Waals surface area contributed by atoms with Gasteiger partial charge in [0.25, 0.3) is 0 Å². The zero-order chi connectivity index (χ0) is 27.0. The maximum atomic E-state index is 13.6. The maximum Gasteiger partial charge on any atom is 0.243 e. The van der Waals surface area contributed by atoms with Gasteiger partial charge in [0.1, 0.15) is 17.5 Å². The Balaban J connectivity index is 1.51. The van der Waals surface area contributed by atoms with Gasteiger partial charge in [-0.15, -0.1) is 0 Å². The Hall–Kier alpha value is -3.37. The van der Waals surface area contributed by atoms with Crippen molar-refractivity contribution < 1.29 is 12.8 Å². The fourth-order valence-corrected chi connectivity index (χ4v) is 6.37. The monoisotopic (exact) mass is 536 g/mol. The van der Waals surface area contributed by atoms with Crippen LogP contribution in [0, 0.1) is 19.7 Å². The van der Waals surface area contributed by atoms with Crippen molar-refractivity contribution in [3.8, 4) is 5.69 Å². The fourth-order valence-electron chi connectivity index (χ4n) is 4.95. The van der Waals surface area contributed by atoms with Crippen LogP contribution in [-0.2, 0) is 10.0 Å². The molecule has 10 heteroatoms. The summed E-state index contributed by atoms with van der Waals surface area (Å²) >= 11 is 0. The summed E-state index contributed by atoms with van der Waals surface area (Å²) < 4.78 is 43.4. The van der Waals surface area contributed by atoms with Crippen LogP contribution in [0.25, 0.3) is 16.7 Å². The van der Waals surface area contributed by atoms with Gasteiger partial charge < -0.3 is 4.90 Å². The highest BCUT2D eigenvalue weighted by molar-refractivity contribution is 7.89. The van der Waals surface area contributed by atoms with Crippen molar-refractivity contribution in [2.45, 2.75) is 51.3 Å². The number of fused-ring (bicyclic) bond motifs is 1. The van der Waals surface area contributed by atoms with Crippen molar-refractivity contribution in [3.63, 3.8) is 0 Å². The van der Waals surface area contributed by atoms with Crippen LogP contribution in [0.1, 0.15) is 49.7 Å². The maximum absolute atomic E-state index is 13.6. The van der Waals surface area contributed by atoms with Gasteiger partial charge in [0, 0.05) is 32.1 Å². The number of nitrogens with zero attached hydrogens (tertiary/aromatic N) is 6. The number of rotatable bonds is 7. The molecule has 0 unspecified atom stereocenters. The van der Waals surface area contributed by atoms with Crippen LogP contribution in [0.5, 0.6) is 0 Å². The predicted molar refractivity (Wildman–Crippen MR) is 147 cm³/mol. The second kappa shape index (κ2) is 10.4. The molecule has 3 heterocycles. The molecule has 5 rings (SSSR count). The standard InChI is InChI=1S/C28H33FN6O2S/c1-5-6-20(3)26-30-27(25-21(4)32-35(28(25)31-26)23-11-9-22(29)10-12-23)33-15-17-34(18-16-33)38(36,37)24-13-7-19(2)8-14-24/h7-14,20H,5-6,15-18H2,1-4H3/t20-/m1/s1. The zero-order valence-electron chi connectivity index (χ0n) is 22.2. The number of benzene rings is 2. The van der Waals surface area contributed by atoms with Crippen LogP contribution in [0.3, 0.4) is 0 Å². The molecule has 8 nitrogen and oxygen atoms in total. The number of halogens is 1. The summed E-state index contributed by atoms with van der Waals surface area (Å²) in [5.41, 5.74) is 3.18. The minimum atomic E-state index is -3.57. The molecule has 1 atom stereocenters. The molecule has 1 aliphatic rings. The van der Waals surface area contributed by atoms with E-state index in [2.05, 4.69) is 18.7 Å². The second-order valence-corrected chi connectivity index (χ2v) is 11.9. The molecule has 1 aliphatic heterocycles. The highest BCUT2D eigenvalue weighted by atomic mass is 32.2. The normalized spacial score (nSPS) is 15.8. The van der Waals surface area contributed by atoms with Gasteiger partial charge in [0.05, 0.1) is 21.7 Å². The Morgan fingerprint density at radius 2 is 1.61 bits per heavy atom. The van der Waals surface area contributed by atoms with E-state index in [1.165, 1.54) is 12.1 Å². The number of hydrogen-bond acceptors (Lipinski definition) is 6. The molecular formula is C28H33FN6O2S. The van der Waals surface area contributed by atoms with Gasteiger partial charge in [-0.25, -0.2) is 27.5 Å². The van der Waals surface area contributed by atoms with Crippen molar-refractivity contribution in [3.05, 3.63) is 71.4 Å². The van der Waals surface area contributed by atoms with Crippen LogP contribution >= 0.6 is 0 Å². The molecule has 0 bridgehead atoms. The fraction of sp³-hybridized carbons (Fsp3) is 0.393. The van der Waals surface area contributed by atoms with Crippen molar-refractivity contribution in [1.82, 2.24) is 24.1 Å². The van der Waals surface area contributed by atoms with Crippen LogP contribution < -0.4 is 4.90 Å². The van der Waals surface area contributed by atoms with Gasteiger partial charge in [-0.2, -0.15) is 9.40 Å². The van der Waals surface area contributed by atoms with Crippen LogP contribution in [0.15, 0.2) is 53.4 Å². The van der Waals surface area contributed by atoms with Gasteiger partial charge in [-0.1, -0.05) is 38.0 Å². The number of hydrogen-bond donors (Lipinski definition) is 0. The third-order valence-corrected chi connectivity index (χ3v) is 9.04. The van der Waals surface area contributed by atoms with E-state index in [0.29, 0.717) is 36.7 Å². The van der Waals surface area contributed by atoms with Gasteiger partial charge in [-0.05, 0) is 56.7 Å². The second-order valence-electron chi connectivity index (χ2n) is 9.97. The van der Waals surface area contributed by atoms with E-state index >= 15 is 0 Å². The molecular weight excluding hydrogens is 503 g/mol. The zero-order valence-corrected chi connectivity index (χ0v) is 23.0. The molecule has 1 saturated heterocycles. The highest BCUT2D eigenvalue weighted by Crippen LogP contribution is 2.32. The highest BCUT2D eigenvalue weighted by Gasteiger charge is 2.31. The first-order valence-electron chi connectivity index (χ1n) is 13.0. The summed E-state index contributed by atoms with van der Waals surface area (Å²) in [5.74, 6) is 1.33. The van der Waals surface area contributed by atoms with Crippen LogP contribution in [-0.4, -0.2) is 58.7 Å². The summed E-state index contributed by atoms with van der Waals surface area (Å²) in [6, 6.07) is 13.2. The number of aryl methyl sites for hydroxylation is 2. The van der Waals surface area contributed by atoms with Crippen LogP contribution in [0.2, 0.25) is 0 Å². The number of anilines is 1. The molecule has 2 aromatic carbocycles. The first kappa shape index (κ1) is 26.2. The van der Waals surface area contributed by atoms with E-state index in [1.807, 2.05) is 26.0 Å². The lowest BCUT2D eigenvalue weighted by Crippen LogP contribution is -2.49. The number of sulfonamides is 1. The lowest BCUT2D eigenvalue weighted by Gasteiger charge is -2.35. The molecule has 200 valence electrons. The van der Waals surface area contributed by atoms with E-state index in [0.717, 1.165) is 46.8 Å². The van der Waals surface area contributed by atoms with E-state index in [9.17, 15) is 12.8 Å². The first-order chi connectivity index (χ1) is 18.2. The number of piperazine rings is 1. The van der Waals surface area contributed by atoms with E-state index in [1.54, 1.807) is 33.3 Å². The lowest BCUT2D eigenvalue weighted by molar-refractivity contribution is 0.384. The quantitative estimate of drug-likeness (QED) is 0.331. The minimum Gasteiger partial charge on any atom is -0.353 e. The minimum absolute atomic E-state index is 0.142. The summed E-state index contributed by atoms with van der Waals surface area (Å²) in [6.07, 6.45) is 1.95. The molecule has 0 aliphatic carbocycles. The molecule has 0 saturated carbocycles. The van der Waals surface area contributed by atoms with Gasteiger partial charge >= 0.3 is 0 Å². The Labute approximate surface area is 223 Å². The van der Waals surface area contributed by atoms with Crippen molar-refractivity contribution in [2.24, 2.45) is 0 Å². The van der Waals surface area contributed by atoms with Crippen molar-refractivity contribution in [2.75, 3.05) is 31.1 Å². The van der Waals surface area contributed by atoms with Gasteiger partial charge in [-0.3, -0.25) is 0 Å². The lowest BCUT2D eigenvalue weighted by atomic mass is 10.1. The van der Waals surface area contributed by atoms with E-state index < -0.39 is 10.0 Å². The third-order valence-electron chi connectivity index (χ3n) is 7.13. The molecule has 4 aromatic rings. The molecule has 0 amide bonds. The molecule has 0 spiro atoms. The largest absolute Gasteiger partial charge is 0.353 e. The molecule has 0 N–H and O–H groups in total. The molecule has 0 radical (unpaired) electrons. The smallest absolute Gasteiger partial charge is 0.243 e. The van der Waals surface area contributed by atoms with Crippen molar-refractivity contribution >= 4 is 26.9 Å². The first-order valence-corrected chi connectivity index (χ1v) is 14.5. The van der Waals surface area contributed by atoms with Gasteiger partial charge in [0.2, 0.25) is 10.0 Å². The van der Waals surface area contributed by atoms with Gasteiger partial charge in [0.15, 0.2) is 5.65 Å². The Kier molecular flexibility index (Phi) is 7.19. The van der Waals surface area contributed by atoms with E-state index in [4.69, 9.17) is 15.1 Å². The summed E-state index contributed by atoms with van der Waals surface area (Å²) in [6.45, 7) is 9.82. The van der Waals surface area contributed by atoms with Crippen molar-refractivity contribution in [1.29, 1.82) is 0 Å². The number of aromatic nitrogens is 4. The topological polar surface area (TPSA) is 84.2 Å². The average Bonchev–Trinajstić information content (AvgIpc) is 3.25. The third kappa shape index (κ3) is 4.90. The Bertz CT molecular complexity index is 1540. The summed E-state index contributed by atoms with van der Waals surface area (Å²) in [7, 11) is -3.57. The molecule has 38 heavy (non-hydrogen) atoms. The average molecular weight is 537 g/mol. The predicted octanol–water partition coefficient (Wildman–Crippen LogP) is 4.99. The molecule has 2 aromatic heterocycles. The molecule has 1 fully saturated rings. The summed E-state index contributed by atoms with van der Waals surface area (Å²) in [4.78, 5) is 12.4. The summed E-state index contributed by atoms with van der Waals surface area (Å²) in [5, 5.41) is 5.58. The Morgan fingerprint density at radius 3 is 2.24 bits per heavy atom. The van der Waals surface area contributed by atoms with E-state index in [-0.39, 0.29) is 11.7 Å².